The van der Waals surface area contributed by atoms with E-state index < -0.39 is 0 Å². The molecular weight excluding hydrogens is 424 g/mol. The van der Waals surface area contributed by atoms with Crippen LogP contribution in [-0.4, -0.2) is 45.5 Å². The van der Waals surface area contributed by atoms with E-state index in [1.165, 1.54) is 22.3 Å². The zero-order chi connectivity index (χ0) is 19.5. The van der Waals surface area contributed by atoms with Gasteiger partial charge in [-0.25, -0.2) is 0 Å². The standard InChI is InChI=1S/C28H26.Sr/c1-27(23-15-7-3-8-16-23,24-17-9-4-10-18-24)28(2,25-19-11-5-12-20-25)26-21-13-6-14-22-26;/h3-22H,1-2H3;. The van der Waals surface area contributed by atoms with Crippen molar-refractivity contribution in [1.82, 2.24) is 0 Å². The van der Waals surface area contributed by atoms with E-state index in [1.807, 2.05) is 0 Å². The molecule has 0 atom stereocenters. The minimum absolute atomic E-state index is 0. The first-order valence-electron chi connectivity index (χ1n) is 9.89. The zero-order valence-electron chi connectivity index (χ0n) is 17.3. The average Bonchev–Trinajstić information content (AvgIpc) is 2.80. The second kappa shape index (κ2) is 9.45. The van der Waals surface area contributed by atoms with Crippen molar-refractivity contribution in [1.29, 1.82) is 0 Å². The van der Waals surface area contributed by atoms with E-state index in [4.69, 9.17) is 0 Å². The van der Waals surface area contributed by atoms with E-state index in [0.29, 0.717) is 0 Å². The summed E-state index contributed by atoms with van der Waals surface area (Å²) in [4.78, 5) is 0. The molecule has 0 aliphatic carbocycles. The second-order valence-corrected chi connectivity index (χ2v) is 7.71. The molecule has 0 saturated heterocycles. The molecule has 1 heteroatoms. The molecule has 0 amide bonds. The first-order chi connectivity index (χ1) is 13.7. The maximum Gasteiger partial charge on any atom is 0.0309 e. The molecule has 0 aromatic heterocycles. The van der Waals surface area contributed by atoms with Crippen LogP contribution in [-0.2, 0) is 10.8 Å². The third kappa shape index (κ3) is 3.90. The Morgan fingerprint density at radius 3 is 0.690 bits per heavy atom. The van der Waals surface area contributed by atoms with E-state index in [2.05, 4.69) is 135 Å². The molecule has 4 aromatic carbocycles. The van der Waals surface area contributed by atoms with Gasteiger partial charge in [0, 0.05) is 56.3 Å². The normalized spacial score (nSPS) is 11.5. The molecule has 0 bridgehead atoms. The van der Waals surface area contributed by atoms with Gasteiger partial charge >= 0.3 is 0 Å². The molecule has 140 valence electrons. The Kier molecular flexibility index (Phi) is 7.19. The van der Waals surface area contributed by atoms with Gasteiger partial charge in [0.15, 0.2) is 0 Å². The summed E-state index contributed by atoms with van der Waals surface area (Å²) in [5.41, 5.74) is 4.76. The number of benzene rings is 4. The second-order valence-electron chi connectivity index (χ2n) is 7.71. The van der Waals surface area contributed by atoms with Gasteiger partial charge in [-0.05, 0) is 22.3 Å². The predicted molar refractivity (Wildman–Crippen MR) is 124 cm³/mol. The van der Waals surface area contributed by atoms with E-state index >= 15 is 0 Å². The molecule has 0 saturated carbocycles. The molecule has 0 nitrogen and oxygen atoms in total. The maximum atomic E-state index is 2.39. The van der Waals surface area contributed by atoms with Crippen molar-refractivity contribution in [3.05, 3.63) is 144 Å². The number of hydrogen-bond acceptors (Lipinski definition) is 0. The van der Waals surface area contributed by atoms with Gasteiger partial charge in [0.1, 0.15) is 0 Å². The largest absolute Gasteiger partial charge is 0.0622 e. The van der Waals surface area contributed by atoms with Gasteiger partial charge in [-0.15, -0.1) is 0 Å². The molecule has 29 heavy (non-hydrogen) atoms. The Balaban J connectivity index is 0.00000240. The van der Waals surface area contributed by atoms with E-state index in [1.54, 1.807) is 0 Å². The van der Waals surface area contributed by atoms with Gasteiger partial charge in [-0.1, -0.05) is 135 Å². The Labute approximate surface area is 211 Å². The maximum absolute atomic E-state index is 2.39. The predicted octanol–water partition coefficient (Wildman–Crippen LogP) is 6.62. The Morgan fingerprint density at radius 2 is 0.517 bits per heavy atom. The molecular formula is C28H26Sr. The van der Waals surface area contributed by atoms with Gasteiger partial charge in [0.25, 0.3) is 0 Å². The molecule has 0 aliphatic rings. The Bertz CT molecular complexity index is 843. The smallest absolute Gasteiger partial charge is 0.0309 e. The van der Waals surface area contributed by atoms with Crippen LogP contribution in [0.25, 0.3) is 0 Å². The third-order valence-electron chi connectivity index (χ3n) is 6.40. The summed E-state index contributed by atoms with van der Waals surface area (Å²) >= 11 is 0. The molecule has 0 spiro atoms. The van der Waals surface area contributed by atoms with E-state index in [-0.39, 0.29) is 56.3 Å². The van der Waals surface area contributed by atoms with Gasteiger partial charge in [-0.2, -0.15) is 0 Å². The molecule has 0 fully saturated rings. The topological polar surface area (TPSA) is 0 Å². The summed E-state index contributed by atoms with van der Waals surface area (Å²) in [6.45, 7) is 4.77. The van der Waals surface area contributed by atoms with E-state index in [9.17, 15) is 0 Å². The summed E-state index contributed by atoms with van der Waals surface area (Å²) in [5.74, 6) is 0. The number of hydrogen-bond donors (Lipinski definition) is 0. The van der Waals surface area contributed by atoms with Crippen molar-refractivity contribution in [2.24, 2.45) is 0 Å². The SMILES string of the molecule is CC(c1ccccc1)(c1ccccc1)C(C)(c1ccccc1)c1ccccc1.[Sr]. The summed E-state index contributed by atoms with van der Waals surface area (Å²) in [6, 6.07) is 43.6. The molecule has 4 rings (SSSR count). The van der Waals surface area contributed by atoms with Crippen molar-refractivity contribution in [2.75, 3.05) is 0 Å². The van der Waals surface area contributed by atoms with Crippen LogP contribution in [0.4, 0.5) is 0 Å². The van der Waals surface area contributed by atoms with Crippen LogP contribution in [0.3, 0.4) is 0 Å². The van der Waals surface area contributed by atoms with E-state index in [0.717, 1.165) is 0 Å². The average molecular weight is 450 g/mol. The van der Waals surface area contributed by atoms with Crippen LogP contribution in [0.5, 0.6) is 0 Å². The molecule has 0 unspecified atom stereocenters. The van der Waals surface area contributed by atoms with Crippen molar-refractivity contribution in [3.8, 4) is 0 Å². The van der Waals surface area contributed by atoms with Gasteiger partial charge in [-0.3, -0.25) is 0 Å². The van der Waals surface area contributed by atoms with Crippen molar-refractivity contribution < 1.29 is 0 Å². The molecule has 0 N–H and O–H groups in total. The molecule has 0 heterocycles. The fraction of sp³-hybridized carbons (Fsp3) is 0.143. The van der Waals surface area contributed by atoms with Gasteiger partial charge < -0.3 is 0 Å². The summed E-state index contributed by atoms with van der Waals surface area (Å²) in [6.07, 6.45) is 0. The van der Waals surface area contributed by atoms with Gasteiger partial charge in [0.2, 0.25) is 0 Å². The Morgan fingerprint density at radius 1 is 0.345 bits per heavy atom. The fourth-order valence-corrected chi connectivity index (χ4v) is 4.57. The molecule has 0 aliphatic heterocycles. The summed E-state index contributed by atoms with van der Waals surface area (Å²) in [7, 11) is 0. The minimum atomic E-state index is -0.252. The first kappa shape index (κ1) is 22.1. The monoisotopic (exact) mass is 450 g/mol. The van der Waals surface area contributed by atoms with Crippen LogP contribution in [0.1, 0.15) is 36.1 Å². The van der Waals surface area contributed by atoms with Crippen LogP contribution < -0.4 is 0 Å². The molecule has 4 aromatic rings. The van der Waals surface area contributed by atoms with Crippen LogP contribution in [0, 0.1) is 0 Å². The van der Waals surface area contributed by atoms with Crippen molar-refractivity contribution in [2.45, 2.75) is 24.7 Å². The van der Waals surface area contributed by atoms with Crippen LogP contribution >= 0.6 is 0 Å². The molecule has 2 radical (unpaired) electrons. The summed E-state index contributed by atoms with van der Waals surface area (Å²) < 4.78 is 0. The van der Waals surface area contributed by atoms with Crippen LogP contribution in [0.15, 0.2) is 121 Å². The van der Waals surface area contributed by atoms with Crippen molar-refractivity contribution >= 4 is 45.5 Å². The quantitative estimate of drug-likeness (QED) is 0.300. The zero-order valence-corrected chi connectivity index (χ0v) is 20.7. The third-order valence-corrected chi connectivity index (χ3v) is 6.40. The van der Waals surface area contributed by atoms with Crippen LogP contribution in [0.2, 0.25) is 0 Å². The fourth-order valence-electron chi connectivity index (χ4n) is 4.57. The number of rotatable bonds is 5. The van der Waals surface area contributed by atoms with Crippen molar-refractivity contribution in [3.63, 3.8) is 0 Å². The Hall–Kier alpha value is -1.64. The first-order valence-corrected chi connectivity index (χ1v) is 9.89. The minimum Gasteiger partial charge on any atom is -0.0622 e. The summed E-state index contributed by atoms with van der Waals surface area (Å²) in [5, 5.41) is 0. The van der Waals surface area contributed by atoms with Gasteiger partial charge in [0.05, 0.1) is 0 Å².